The van der Waals surface area contributed by atoms with Crippen LogP contribution in [0.1, 0.15) is 5.56 Å². The Hall–Kier alpha value is -2.77. The Morgan fingerprint density at radius 2 is 1.94 bits per heavy atom. The summed E-state index contributed by atoms with van der Waals surface area (Å²) < 4.78 is 1.17. The Morgan fingerprint density at radius 3 is 2.61 bits per heavy atom. The molecule has 0 saturated heterocycles. The summed E-state index contributed by atoms with van der Waals surface area (Å²) in [5.74, 6) is -1.30. The lowest BCUT2D eigenvalue weighted by Crippen LogP contribution is -2.34. The Labute approximate surface area is 102 Å². The quantitative estimate of drug-likeness (QED) is 0.708. The summed E-state index contributed by atoms with van der Waals surface area (Å²) in [5, 5.41) is 9.38. The monoisotopic (exact) mass is 246 g/mol. The van der Waals surface area contributed by atoms with Crippen LogP contribution in [-0.2, 0) is 9.59 Å². The summed E-state index contributed by atoms with van der Waals surface area (Å²) in [7, 11) is 0. The fourth-order valence-electron chi connectivity index (χ4n) is 1.21. The highest BCUT2D eigenvalue weighted by molar-refractivity contribution is 6.42. The van der Waals surface area contributed by atoms with Crippen molar-refractivity contribution in [1.29, 1.82) is 0 Å². The number of nitrogens with one attached hydrogen (secondary N) is 2. The van der Waals surface area contributed by atoms with Gasteiger partial charge in [-0.3, -0.25) is 15.0 Å². The fraction of sp³-hybridized carbons (Fsp3) is 0.100. The summed E-state index contributed by atoms with van der Waals surface area (Å²) in [4.78, 5) is 27.0. The first-order chi connectivity index (χ1) is 8.66. The molecule has 0 atom stereocenters. The zero-order chi connectivity index (χ0) is 13.0. The van der Waals surface area contributed by atoms with Crippen LogP contribution in [0.15, 0.2) is 31.0 Å². The molecule has 2 heterocycles. The molecule has 2 amide bonds. The van der Waals surface area contributed by atoms with Gasteiger partial charge in [0.2, 0.25) is 0 Å². The Bertz CT molecular complexity index is 566. The van der Waals surface area contributed by atoms with E-state index in [-0.39, 0.29) is 0 Å². The van der Waals surface area contributed by atoms with Crippen LogP contribution in [0.3, 0.4) is 0 Å². The van der Waals surface area contributed by atoms with E-state index in [0.717, 1.165) is 5.56 Å². The molecule has 8 nitrogen and oxygen atoms in total. The van der Waals surface area contributed by atoms with Gasteiger partial charge in [0.15, 0.2) is 0 Å². The first kappa shape index (κ1) is 11.7. The van der Waals surface area contributed by atoms with E-state index in [4.69, 9.17) is 0 Å². The summed E-state index contributed by atoms with van der Waals surface area (Å²) in [6.45, 7) is 1.78. The number of carbonyl (C=O) groups excluding carboxylic acids is 2. The number of hydrogen-bond acceptors (Lipinski definition) is 5. The molecule has 0 aliphatic heterocycles. The van der Waals surface area contributed by atoms with Gasteiger partial charge >= 0.3 is 11.8 Å². The molecule has 0 fully saturated rings. The number of amides is 2. The van der Waals surface area contributed by atoms with Gasteiger partial charge in [-0.15, -0.1) is 10.2 Å². The molecule has 0 aromatic carbocycles. The summed E-state index contributed by atoms with van der Waals surface area (Å²) in [5.41, 5.74) is 3.04. The maximum atomic E-state index is 11.6. The van der Waals surface area contributed by atoms with Crippen LogP contribution in [-0.4, -0.2) is 31.7 Å². The van der Waals surface area contributed by atoms with Gasteiger partial charge in [0, 0.05) is 6.20 Å². The number of rotatable bonds is 2. The number of carbonyl (C=O) groups is 2. The van der Waals surface area contributed by atoms with Gasteiger partial charge in [0.1, 0.15) is 18.5 Å². The van der Waals surface area contributed by atoms with Crippen molar-refractivity contribution in [1.82, 2.24) is 19.9 Å². The van der Waals surface area contributed by atoms with Crippen molar-refractivity contribution in [3.63, 3.8) is 0 Å². The van der Waals surface area contributed by atoms with E-state index in [1.165, 1.54) is 23.5 Å². The molecular formula is C10H10N6O2. The second-order valence-electron chi connectivity index (χ2n) is 3.43. The highest BCUT2D eigenvalue weighted by Gasteiger charge is 2.15. The van der Waals surface area contributed by atoms with Gasteiger partial charge in [-0.2, -0.15) is 0 Å². The largest absolute Gasteiger partial charge is 0.328 e. The van der Waals surface area contributed by atoms with Crippen molar-refractivity contribution < 1.29 is 9.59 Å². The van der Waals surface area contributed by atoms with E-state index in [0.29, 0.717) is 5.82 Å². The molecule has 0 saturated carbocycles. The predicted octanol–water partition coefficient (Wildman–Crippen LogP) is -0.310. The van der Waals surface area contributed by atoms with Gasteiger partial charge in [0.05, 0.1) is 0 Å². The fourth-order valence-corrected chi connectivity index (χ4v) is 1.21. The van der Waals surface area contributed by atoms with Gasteiger partial charge in [0.25, 0.3) is 0 Å². The smallest absolute Gasteiger partial charge is 0.302 e. The first-order valence-corrected chi connectivity index (χ1v) is 5.05. The standard InChI is InChI=1S/C10H10N6O2/c1-7-3-2-4-11-8(7)14-9(17)10(18)15-16-5-12-13-6-16/h2-6H,1H3,(H,15,18)(H,11,14,17). The lowest BCUT2D eigenvalue weighted by molar-refractivity contribution is -0.133. The molecule has 2 aromatic rings. The van der Waals surface area contributed by atoms with Gasteiger partial charge in [-0.25, -0.2) is 9.66 Å². The summed E-state index contributed by atoms with van der Waals surface area (Å²) in [6, 6.07) is 3.52. The van der Waals surface area contributed by atoms with Crippen LogP contribution in [0.4, 0.5) is 5.82 Å². The number of aryl methyl sites for hydroxylation is 1. The van der Waals surface area contributed by atoms with E-state index >= 15 is 0 Å². The number of nitrogens with zero attached hydrogens (tertiary/aromatic N) is 4. The summed E-state index contributed by atoms with van der Waals surface area (Å²) in [6.07, 6.45) is 4.05. The zero-order valence-electron chi connectivity index (χ0n) is 9.49. The highest BCUT2D eigenvalue weighted by atomic mass is 16.2. The second-order valence-corrected chi connectivity index (χ2v) is 3.43. The molecular weight excluding hydrogens is 236 g/mol. The van der Waals surface area contributed by atoms with Gasteiger partial charge in [-0.05, 0) is 18.6 Å². The lowest BCUT2D eigenvalue weighted by atomic mass is 10.3. The minimum absolute atomic E-state index is 0.349. The van der Waals surface area contributed by atoms with E-state index in [2.05, 4.69) is 25.9 Å². The molecule has 0 bridgehead atoms. The molecule has 8 heteroatoms. The van der Waals surface area contributed by atoms with Crippen molar-refractivity contribution in [2.75, 3.05) is 10.7 Å². The van der Waals surface area contributed by atoms with Gasteiger partial charge < -0.3 is 5.32 Å². The van der Waals surface area contributed by atoms with Crippen LogP contribution >= 0.6 is 0 Å². The van der Waals surface area contributed by atoms with Crippen LogP contribution in [0.2, 0.25) is 0 Å². The molecule has 0 spiro atoms. The Balaban J connectivity index is 2.00. The number of hydrogen-bond donors (Lipinski definition) is 2. The molecule has 18 heavy (non-hydrogen) atoms. The van der Waals surface area contributed by atoms with Gasteiger partial charge in [-0.1, -0.05) is 6.07 Å². The third-order valence-electron chi connectivity index (χ3n) is 2.10. The number of anilines is 1. The topological polar surface area (TPSA) is 102 Å². The summed E-state index contributed by atoms with van der Waals surface area (Å²) >= 11 is 0. The van der Waals surface area contributed by atoms with Crippen molar-refractivity contribution in [2.24, 2.45) is 0 Å². The maximum Gasteiger partial charge on any atom is 0.328 e. The molecule has 92 valence electrons. The van der Waals surface area contributed by atoms with E-state index in [9.17, 15) is 9.59 Å². The Morgan fingerprint density at radius 1 is 1.22 bits per heavy atom. The van der Waals surface area contributed by atoms with Crippen LogP contribution in [0, 0.1) is 6.92 Å². The predicted molar refractivity (Wildman–Crippen MR) is 62.0 cm³/mol. The Kier molecular flexibility index (Phi) is 3.28. The number of pyridine rings is 1. The van der Waals surface area contributed by atoms with Crippen LogP contribution in [0.5, 0.6) is 0 Å². The molecule has 2 N–H and O–H groups in total. The van der Waals surface area contributed by atoms with E-state index in [1.807, 2.05) is 0 Å². The molecule has 0 unspecified atom stereocenters. The SMILES string of the molecule is Cc1cccnc1NC(=O)C(=O)Nn1cnnc1. The lowest BCUT2D eigenvalue weighted by Gasteiger charge is -2.07. The molecule has 0 radical (unpaired) electrons. The minimum atomic E-state index is -0.833. The first-order valence-electron chi connectivity index (χ1n) is 5.05. The van der Waals surface area contributed by atoms with E-state index in [1.54, 1.807) is 19.1 Å². The molecule has 2 rings (SSSR count). The molecule has 0 aliphatic carbocycles. The second kappa shape index (κ2) is 5.04. The maximum absolute atomic E-state index is 11.6. The third kappa shape index (κ3) is 2.67. The minimum Gasteiger partial charge on any atom is -0.302 e. The average Bonchev–Trinajstić information content (AvgIpc) is 2.84. The van der Waals surface area contributed by atoms with E-state index < -0.39 is 11.8 Å². The molecule has 2 aromatic heterocycles. The van der Waals surface area contributed by atoms with Crippen LogP contribution < -0.4 is 10.7 Å². The van der Waals surface area contributed by atoms with Crippen molar-refractivity contribution in [3.05, 3.63) is 36.5 Å². The number of aromatic nitrogens is 4. The average molecular weight is 246 g/mol. The van der Waals surface area contributed by atoms with Crippen LogP contribution in [0.25, 0.3) is 0 Å². The third-order valence-corrected chi connectivity index (χ3v) is 2.10. The zero-order valence-corrected chi connectivity index (χ0v) is 9.49. The van der Waals surface area contributed by atoms with Crippen molar-refractivity contribution in [3.8, 4) is 0 Å². The highest BCUT2D eigenvalue weighted by Crippen LogP contribution is 2.08. The normalized spacial score (nSPS) is 9.83. The van der Waals surface area contributed by atoms with Crippen molar-refractivity contribution >= 4 is 17.6 Å². The van der Waals surface area contributed by atoms with Crippen molar-refractivity contribution in [2.45, 2.75) is 6.92 Å². The molecule has 0 aliphatic rings.